The zero-order chi connectivity index (χ0) is 19.2. The van der Waals surface area contributed by atoms with Crippen LogP contribution >= 0.6 is 0 Å². The third kappa shape index (κ3) is 4.84. The number of rotatable bonds is 4. The van der Waals surface area contributed by atoms with Crippen LogP contribution in [0.5, 0.6) is 11.5 Å². The van der Waals surface area contributed by atoms with E-state index in [1.54, 1.807) is 7.05 Å². The predicted molar refractivity (Wildman–Crippen MR) is 111 cm³/mol. The lowest BCUT2D eigenvalue weighted by molar-refractivity contribution is 0.297. The second-order valence-corrected chi connectivity index (χ2v) is 6.77. The van der Waals surface area contributed by atoms with Crippen molar-refractivity contribution in [3.05, 3.63) is 47.5 Å². The van der Waals surface area contributed by atoms with Crippen LogP contribution in [0.4, 0.5) is 11.4 Å². The molecule has 2 aromatic rings. The molecule has 1 aliphatic rings. The predicted octanol–water partition coefficient (Wildman–Crippen LogP) is 3.41. The minimum atomic E-state index is 0.672. The van der Waals surface area contributed by atoms with Crippen LogP contribution in [0.25, 0.3) is 0 Å². The molecule has 3 rings (SSSR count). The number of anilines is 2. The zero-order valence-electron chi connectivity index (χ0n) is 16.5. The number of guanidine groups is 1. The van der Waals surface area contributed by atoms with Gasteiger partial charge in [0.1, 0.15) is 0 Å². The summed E-state index contributed by atoms with van der Waals surface area (Å²) in [6.45, 7) is 4.19. The van der Waals surface area contributed by atoms with Gasteiger partial charge in [-0.25, -0.2) is 0 Å². The Morgan fingerprint density at radius 3 is 2.56 bits per heavy atom. The van der Waals surface area contributed by atoms with E-state index in [2.05, 4.69) is 45.6 Å². The molecular weight excluding hydrogens is 340 g/mol. The Bertz CT molecular complexity index is 818. The van der Waals surface area contributed by atoms with Crippen LogP contribution in [0.15, 0.2) is 41.4 Å². The van der Waals surface area contributed by atoms with Crippen molar-refractivity contribution in [3.8, 4) is 11.5 Å². The van der Waals surface area contributed by atoms with E-state index in [9.17, 15) is 0 Å². The van der Waals surface area contributed by atoms with E-state index in [1.807, 2.05) is 32.3 Å². The van der Waals surface area contributed by atoms with Crippen molar-refractivity contribution in [1.82, 2.24) is 5.32 Å². The lowest BCUT2D eigenvalue weighted by Gasteiger charge is -2.17. The van der Waals surface area contributed by atoms with Gasteiger partial charge in [-0.15, -0.1) is 0 Å². The molecule has 0 unspecified atom stereocenters. The number of benzene rings is 2. The molecule has 0 saturated heterocycles. The molecule has 0 atom stereocenters. The second kappa shape index (κ2) is 8.66. The largest absolute Gasteiger partial charge is 0.490 e. The Kier molecular flexibility index (Phi) is 6.06. The Hall–Kier alpha value is -2.89. The molecule has 0 bridgehead atoms. The van der Waals surface area contributed by atoms with Crippen LogP contribution in [0.3, 0.4) is 0 Å². The fraction of sp³-hybridized carbons (Fsp3) is 0.381. The normalized spacial score (nSPS) is 13.7. The average Bonchev–Trinajstić information content (AvgIpc) is 2.90. The highest BCUT2D eigenvalue weighted by Gasteiger charge is 2.11. The maximum Gasteiger partial charge on any atom is 0.195 e. The SMILES string of the molecule is CN=C(NCc1ccc(N(C)C)cc1C)Nc1ccc2c(c1)OCCCO2. The van der Waals surface area contributed by atoms with E-state index in [-0.39, 0.29) is 0 Å². The third-order valence-corrected chi connectivity index (χ3v) is 4.52. The van der Waals surface area contributed by atoms with Gasteiger partial charge in [-0.1, -0.05) is 6.07 Å². The third-order valence-electron chi connectivity index (χ3n) is 4.52. The van der Waals surface area contributed by atoms with Crippen LogP contribution in [0.1, 0.15) is 17.5 Å². The van der Waals surface area contributed by atoms with E-state index in [1.165, 1.54) is 16.8 Å². The van der Waals surface area contributed by atoms with E-state index in [0.29, 0.717) is 25.7 Å². The first-order valence-electron chi connectivity index (χ1n) is 9.21. The summed E-state index contributed by atoms with van der Waals surface area (Å²) < 4.78 is 11.4. The second-order valence-electron chi connectivity index (χ2n) is 6.77. The topological polar surface area (TPSA) is 58.1 Å². The first-order valence-corrected chi connectivity index (χ1v) is 9.21. The molecule has 6 nitrogen and oxygen atoms in total. The minimum Gasteiger partial charge on any atom is -0.490 e. The highest BCUT2D eigenvalue weighted by Crippen LogP contribution is 2.32. The van der Waals surface area contributed by atoms with Crippen LogP contribution in [0, 0.1) is 6.92 Å². The summed E-state index contributed by atoms with van der Waals surface area (Å²) in [5.74, 6) is 2.27. The van der Waals surface area contributed by atoms with Gasteiger partial charge in [0, 0.05) is 51.5 Å². The summed E-state index contributed by atoms with van der Waals surface area (Å²) >= 11 is 0. The fourth-order valence-corrected chi connectivity index (χ4v) is 2.89. The van der Waals surface area contributed by atoms with Gasteiger partial charge in [-0.2, -0.15) is 0 Å². The number of hydrogen-bond donors (Lipinski definition) is 2. The number of aryl methyl sites for hydroxylation is 1. The molecule has 0 saturated carbocycles. The summed E-state index contributed by atoms with van der Waals surface area (Å²) in [6, 6.07) is 12.3. The molecular formula is C21H28N4O2. The van der Waals surface area contributed by atoms with Gasteiger partial charge in [0.05, 0.1) is 13.2 Å². The van der Waals surface area contributed by atoms with E-state index < -0.39 is 0 Å². The number of ether oxygens (including phenoxy) is 2. The molecule has 0 aromatic heterocycles. The zero-order valence-corrected chi connectivity index (χ0v) is 16.5. The van der Waals surface area contributed by atoms with Crippen LogP contribution in [-0.2, 0) is 6.54 Å². The van der Waals surface area contributed by atoms with Crippen LogP contribution in [-0.4, -0.2) is 40.3 Å². The summed E-state index contributed by atoms with van der Waals surface area (Å²) in [4.78, 5) is 6.42. The monoisotopic (exact) mass is 368 g/mol. The van der Waals surface area contributed by atoms with Gasteiger partial charge in [0.2, 0.25) is 0 Å². The van der Waals surface area contributed by atoms with Crippen molar-refractivity contribution in [2.45, 2.75) is 19.9 Å². The van der Waals surface area contributed by atoms with Crippen molar-refractivity contribution in [2.75, 3.05) is 44.6 Å². The summed E-state index contributed by atoms with van der Waals surface area (Å²) in [5, 5.41) is 6.68. The van der Waals surface area contributed by atoms with Crippen molar-refractivity contribution >= 4 is 17.3 Å². The maximum absolute atomic E-state index is 5.75. The highest BCUT2D eigenvalue weighted by atomic mass is 16.5. The molecule has 2 N–H and O–H groups in total. The first-order chi connectivity index (χ1) is 13.1. The number of fused-ring (bicyclic) bond motifs is 1. The lowest BCUT2D eigenvalue weighted by atomic mass is 10.1. The average molecular weight is 368 g/mol. The van der Waals surface area contributed by atoms with Crippen molar-refractivity contribution in [1.29, 1.82) is 0 Å². The summed E-state index contributed by atoms with van der Waals surface area (Å²) in [5.41, 5.74) is 4.60. The van der Waals surface area contributed by atoms with Gasteiger partial charge in [0.25, 0.3) is 0 Å². The van der Waals surface area contributed by atoms with Crippen molar-refractivity contribution in [3.63, 3.8) is 0 Å². The van der Waals surface area contributed by atoms with Gasteiger partial charge in [-0.3, -0.25) is 4.99 Å². The lowest BCUT2D eigenvalue weighted by Crippen LogP contribution is -2.30. The Morgan fingerprint density at radius 2 is 1.85 bits per heavy atom. The number of hydrogen-bond acceptors (Lipinski definition) is 4. The number of nitrogens with zero attached hydrogens (tertiary/aromatic N) is 2. The summed E-state index contributed by atoms with van der Waals surface area (Å²) in [6.07, 6.45) is 0.895. The molecule has 144 valence electrons. The van der Waals surface area contributed by atoms with Gasteiger partial charge < -0.3 is 25.0 Å². The van der Waals surface area contributed by atoms with E-state index in [0.717, 1.165) is 23.6 Å². The fourth-order valence-electron chi connectivity index (χ4n) is 2.89. The molecule has 2 aromatic carbocycles. The number of aliphatic imine (C=N–C) groups is 1. The van der Waals surface area contributed by atoms with Crippen molar-refractivity contribution in [2.24, 2.45) is 4.99 Å². The van der Waals surface area contributed by atoms with Crippen molar-refractivity contribution < 1.29 is 9.47 Å². The molecule has 0 amide bonds. The molecule has 0 fully saturated rings. The molecule has 6 heteroatoms. The Labute approximate surface area is 161 Å². The Morgan fingerprint density at radius 1 is 1.07 bits per heavy atom. The highest BCUT2D eigenvalue weighted by molar-refractivity contribution is 5.93. The van der Waals surface area contributed by atoms with Gasteiger partial charge >= 0.3 is 0 Å². The van der Waals surface area contributed by atoms with Crippen LogP contribution < -0.4 is 25.0 Å². The van der Waals surface area contributed by atoms with E-state index >= 15 is 0 Å². The van der Waals surface area contributed by atoms with Gasteiger partial charge in [-0.05, 0) is 42.3 Å². The van der Waals surface area contributed by atoms with Gasteiger partial charge in [0.15, 0.2) is 17.5 Å². The quantitative estimate of drug-likeness (QED) is 0.640. The van der Waals surface area contributed by atoms with Crippen LogP contribution in [0.2, 0.25) is 0 Å². The molecule has 0 radical (unpaired) electrons. The molecule has 27 heavy (non-hydrogen) atoms. The standard InChI is InChI=1S/C21H28N4O2/c1-15-12-18(25(3)4)8-6-16(15)14-23-21(22-2)24-17-7-9-19-20(13-17)27-11-5-10-26-19/h6-9,12-13H,5,10-11,14H2,1-4H3,(H2,22,23,24). The Balaban J connectivity index is 1.64. The molecule has 1 aliphatic heterocycles. The summed E-state index contributed by atoms with van der Waals surface area (Å²) in [7, 11) is 5.86. The minimum absolute atomic E-state index is 0.672. The first kappa shape index (κ1) is 18.9. The smallest absolute Gasteiger partial charge is 0.195 e. The molecule has 1 heterocycles. The molecule has 0 aliphatic carbocycles. The number of nitrogens with one attached hydrogen (secondary N) is 2. The maximum atomic E-state index is 5.75. The van der Waals surface area contributed by atoms with E-state index in [4.69, 9.17) is 9.47 Å². The molecule has 0 spiro atoms.